The summed E-state index contributed by atoms with van der Waals surface area (Å²) in [5, 5.41) is 0. The number of nitrogens with two attached hydrogens (primary N) is 1. The summed E-state index contributed by atoms with van der Waals surface area (Å²) >= 11 is 0. The van der Waals surface area contributed by atoms with Crippen molar-refractivity contribution in [2.24, 2.45) is 5.73 Å². The van der Waals surface area contributed by atoms with E-state index in [2.05, 4.69) is 44.0 Å². The van der Waals surface area contributed by atoms with Crippen molar-refractivity contribution >= 4 is 0 Å². The summed E-state index contributed by atoms with van der Waals surface area (Å²) in [4.78, 5) is 2.25. The van der Waals surface area contributed by atoms with Crippen LogP contribution in [0.1, 0.15) is 34.3 Å². The second-order valence-corrected chi connectivity index (χ2v) is 5.47. The molecular formula is C17H24N2O. The molecule has 0 aliphatic heterocycles. The lowest BCUT2D eigenvalue weighted by Crippen LogP contribution is -2.30. The average Bonchev–Trinajstić information content (AvgIpc) is 2.81. The number of rotatable bonds is 5. The summed E-state index contributed by atoms with van der Waals surface area (Å²) in [5.41, 5.74) is 9.95. The number of hydrogen-bond donors (Lipinski definition) is 1. The minimum atomic E-state index is 0.209. The second-order valence-electron chi connectivity index (χ2n) is 5.47. The van der Waals surface area contributed by atoms with Gasteiger partial charge in [0.05, 0.1) is 6.54 Å². The van der Waals surface area contributed by atoms with Gasteiger partial charge in [0.2, 0.25) is 0 Å². The van der Waals surface area contributed by atoms with Gasteiger partial charge in [0.15, 0.2) is 0 Å². The molecule has 108 valence electrons. The van der Waals surface area contributed by atoms with Crippen LogP contribution in [0.4, 0.5) is 0 Å². The lowest BCUT2D eigenvalue weighted by molar-refractivity contribution is 0.221. The Balaban J connectivity index is 2.20. The van der Waals surface area contributed by atoms with E-state index in [1.165, 1.54) is 16.7 Å². The summed E-state index contributed by atoms with van der Waals surface area (Å²) in [6.07, 6.45) is 0. The number of benzene rings is 1. The van der Waals surface area contributed by atoms with Gasteiger partial charge >= 0.3 is 0 Å². The maximum absolute atomic E-state index is 6.01. The normalized spacial score (nSPS) is 12.9. The van der Waals surface area contributed by atoms with Gasteiger partial charge < -0.3 is 10.2 Å². The second kappa shape index (κ2) is 6.25. The van der Waals surface area contributed by atoms with Gasteiger partial charge in [-0.25, -0.2) is 0 Å². The minimum absolute atomic E-state index is 0.209. The Morgan fingerprint density at radius 2 is 1.90 bits per heavy atom. The molecule has 0 saturated carbocycles. The van der Waals surface area contributed by atoms with Crippen LogP contribution in [0.2, 0.25) is 0 Å². The van der Waals surface area contributed by atoms with Gasteiger partial charge in [-0.15, -0.1) is 0 Å². The van der Waals surface area contributed by atoms with Gasteiger partial charge in [0.1, 0.15) is 11.5 Å². The predicted octanol–water partition coefficient (Wildman–Crippen LogP) is 3.34. The molecule has 0 saturated heterocycles. The van der Waals surface area contributed by atoms with Crippen LogP contribution < -0.4 is 5.73 Å². The third-order valence-corrected chi connectivity index (χ3v) is 3.96. The van der Waals surface area contributed by atoms with Gasteiger partial charge in [-0.05, 0) is 56.6 Å². The number of furan rings is 1. The average molecular weight is 272 g/mol. The van der Waals surface area contributed by atoms with E-state index in [1.54, 1.807) is 0 Å². The summed E-state index contributed by atoms with van der Waals surface area (Å²) in [5.74, 6) is 1.93. The van der Waals surface area contributed by atoms with Crippen LogP contribution in [0.25, 0.3) is 0 Å². The first-order valence-corrected chi connectivity index (χ1v) is 7.04. The van der Waals surface area contributed by atoms with Crippen molar-refractivity contribution in [1.29, 1.82) is 0 Å². The van der Waals surface area contributed by atoms with E-state index in [9.17, 15) is 0 Å². The highest BCUT2D eigenvalue weighted by atomic mass is 16.3. The number of hydrogen-bond acceptors (Lipinski definition) is 3. The van der Waals surface area contributed by atoms with Crippen molar-refractivity contribution in [3.05, 3.63) is 58.5 Å². The van der Waals surface area contributed by atoms with E-state index in [4.69, 9.17) is 10.2 Å². The van der Waals surface area contributed by atoms with E-state index in [1.807, 2.05) is 19.1 Å². The molecule has 1 heterocycles. The number of aryl methyl sites for hydroxylation is 2. The molecule has 3 heteroatoms. The molecule has 20 heavy (non-hydrogen) atoms. The van der Waals surface area contributed by atoms with E-state index in [0.717, 1.165) is 18.1 Å². The zero-order valence-corrected chi connectivity index (χ0v) is 12.8. The first-order chi connectivity index (χ1) is 9.52. The summed E-state index contributed by atoms with van der Waals surface area (Å²) in [6.45, 7) is 7.64. The third kappa shape index (κ3) is 3.11. The smallest absolute Gasteiger partial charge is 0.118 e. The fraction of sp³-hybridized carbons (Fsp3) is 0.412. The first kappa shape index (κ1) is 14.8. The molecule has 0 radical (unpaired) electrons. The van der Waals surface area contributed by atoms with Gasteiger partial charge in [0.25, 0.3) is 0 Å². The molecule has 0 fully saturated rings. The molecule has 3 nitrogen and oxygen atoms in total. The first-order valence-electron chi connectivity index (χ1n) is 7.04. The van der Waals surface area contributed by atoms with Crippen molar-refractivity contribution in [3.63, 3.8) is 0 Å². The predicted molar refractivity (Wildman–Crippen MR) is 82.6 cm³/mol. The Morgan fingerprint density at radius 1 is 1.15 bits per heavy atom. The maximum Gasteiger partial charge on any atom is 0.118 e. The largest absolute Gasteiger partial charge is 0.465 e. The van der Waals surface area contributed by atoms with Crippen molar-refractivity contribution in [3.8, 4) is 0 Å². The molecule has 1 aromatic carbocycles. The van der Waals surface area contributed by atoms with Crippen LogP contribution in [0.15, 0.2) is 34.7 Å². The van der Waals surface area contributed by atoms with Gasteiger partial charge in [-0.3, -0.25) is 4.90 Å². The molecule has 1 aromatic heterocycles. The number of likely N-dealkylation sites (N-methyl/N-ethyl adjacent to an activating group) is 1. The SMILES string of the molecule is Cc1ccc(CN(C)C(CN)c2cccc(C)c2C)o1. The van der Waals surface area contributed by atoms with E-state index >= 15 is 0 Å². The topological polar surface area (TPSA) is 42.4 Å². The van der Waals surface area contributed by atoms with Crippen LogP contribution in [0.5, 0.6) is 0 Å². The van der Waals surface area contributed by atoms with Gasteiger partial charge in [0, 0.05) is 12.6 Å². The van der Waals surface area contributed by atoms with Crippen LogP contribution in [0.3, 0.4) is 0 Å². The standard InChI is InChI=1S/C17H24N2O/c1-12-6-5-7-16(14(12)3)17(10-18)19(4)11-15-9-8-13(2)20-15/h5-9,17H,10-11,18H2,1-4H3. The molecule has 0 aliphatic rings. The Morgan fingerprint density at radius 3 is 2.50 bits per heavy atom. The van der Waals surface area contributed by atoms with E-state index < -0.39 is 0 Å². The lowest BCUT2D eigenvalue weighted by Gasteiger charge is -2.28. The third-order valence-electron chi connectivity index (χ3n) is 3.96. The molecule has 2 N–H and O–H groups in total. The highest BCUT2D eigenvalue weighted by molar-refractivity contribution is 5.35. The molecule has 0 spiro atoms. The fourth-order valence-electron chi connectivity index (χ4n) is 2.61. The molecule has 0 aliphatic carbocycles. The van der Waals surface area contributed by atoms with Gasteiger partial charge in [-0.1, -0.05) is 18.2 Å². The Hall–Kier alpha value is -1.58. The zero-order valence-electron chi connectivity index (χ0n) is 12.8. The monoisotopic (exact) mass is 272 g/mol. The highest BCUT2D eigenvalue weighted by Gasteiger charge is 2.19. The lowest BCUT2D eigenvalue weighted by atomic mass is 9.96. The van der Waals surface area contributed by atoms with E-state index in [0.29, 0.717) is 6.54 Å². The number of nitrogens with zero attached hydrogens (tertiary/aromatic N) is 1. The Bertz CT molecular complexity index is 574. The van der Waals surface area contributed by atoms with Crippen molar-refractivity contribution in [2.75, 3.05) is 13.6 Å². The molecule has 1 unspecified atom stereocenters. The van der Waals surface area contributed by atoms with Crippen LogP contribution in [0, 0.1) is 20.8 Å². The molecule has 2 rings (SSSR count). The van der Waals surface area contributed by atoms with Crippen LogP contribution >= 0.6 is 0 Å². The zero-order chi connectivity index (χ0) is 14.7. The Labute approximate surface area is 121 Å². The molecule has 1 atom stereocenters. The molecule has 0 bridgehead atoms. The minimum Gasteiger partial charge on any atom is -0.465 e. The Kier molecular flexibility index (Phi) is 4.63. The van der Waals surface area contributed by atoms with Crippen LogP contribution in [-0.4, -0.2) is 18.5 Å². The molecule has 2 aromatic rings. The van der Waals surface area contributed by atoms with E-state index in [-0.39, 0.29) is 6.04 Å². The van der Waals surface area contributed by atoms with Crippen molar-refractivity contribution < 1.29 is 4.42 Å². The van der Waals surface area contributed by atoms with Crippen LogP contribution in [-0.2, 0) is 6.54 Å². The highest BCUT2D eigenvalue weighted by Crippen LogP contribution is 2.25. The quantitative estimate of drug-likeness (QED) is 0.907. The summed E-state index contributed by atoms with van der Waals surface area (Å²) in [6, 6.07) is 10.7. The molecule has 0 amide bonds. The summed E-state index contributed by atoms with van der Waals surface area (Å²) < 4.78 is 5.66. The summed E-state index contributed by atoms with van der Waals surface area (Å²) in [7, 11) is 2.09. The van der Waals surface area contributed by atoms with Crippen molar-refractivity contribution in [1.82, 2.24) is 4.90 Å². The molecular weight excluding hydrogens is 248 g/mol. The fourth-order valence-corrected chi connectivity index (χ4v) is 2.61. The maximum atomic E-state index is 6.01. The van der Waals surface area contributed by atoms with Gasteiger partial charge in [-0.2, -0.15) is 0 Å². The van der Waals surface area contributed by atoms with Crippen molar-refractivity contribution in [2.45, 2.75) is 33.4 Å².